The summed E-state index contributed by atoms with van der Waals surface area (Å²) in [7, 11) is 0. The zero-order valence-corrected chi connectivity index (χ0v) is 15.0. The van der Waals surface area contributed by atoms with Crippen LogP contribution in [0.25, 0.3) is 0 Å². The number of anilines is 1. The van der Waals surface area contributed by atoms with Crippen LogP contribution in [0.1, 0.15) is 39.0 Å². The van der Waals surface area contributed by atoms with Crippen LogP contribution in [0, 0.1) is 18.7 Å². The van der Waals surface area contributed by atoms with Crippen molar-refractivity contribution >= 4 is 28.9 Å². The third kappa shape index (κ3) is 4.25. The van der Waals surface area contributed by atoms with Crippen molar-refractivity contribution in [3.63, 3.8) is 0 Å². The molecule has 0 bridgehead atoms. The molecule has 1 aliphatic rings. The molecule has 1 aliphatic carbocycles. The van der Waals surface area contributed by atoms with Crippen molar-refractivity contribution in [2.75, 3.05) is 11.9 Å². The molecule has 1 amide bonds. The van der Waals surface area contributed by atoms with Crippen molar-refractivity contribution in [2.24, 2.45) is 5.92 Å². The molecule has 0 saturated heterocycles. The molecule has 1 aromatic heterocycles. The lowest BCUT2D eigenvalue weighted by Crippen LogP contribution is -2.21. The standard InChI is InChI=1S/C19H20FNO3S/c1-11-4-6-16-13(7-11)9-17(25-16)19(23)24-10-18(22)21-15-5-3-12(2)8-14(15)20/h3,5,8-9,11H,4,6-7,10H2,1-2H3,(H,21,22)/t11-/m1/s1. The lowest BCUT2D eigenvalue weighted by molar-refractivity contribution is -0.119. The molecule has 0 unspecified atom stereocenters. The Bertz CT molecular complexity index is 815. The van der Waals surface area contributed by atoms with Crippen LogP contribution >= 0.6 is 11.3 Å². The van der Waals surface area contributed by atoms with Crippen LogP contribution in [-0.2, 0) is 22.4 Å². The number of nitrogens with one attached hydrogen (secondary N) is 1. The van der Waals surface area contributed by atoms with Crippen LogP contribution in [0.2, 0.25) is 0 Å². The molecule has 4 nitrogen and oxygen atoms in total. The van der Waals surface area contributed by atoms with E-state index in [4.69, 9.17) is 4.74 Å². The number of amides is 1. The molecule has 0 fully saturated rings. The van der Waals surface area contributed by atoms with Gasteiger partial charge in [-0.3, -0.25) is 4.79 Å². The quantitative estimate of drug-likeness (QED) is 0.834. The molecule has 132 valence electrons. The van der Waals surface area contributed by atoms with Gasteiger partial charge in [0, 0.05) is 4.88 Å². The van der Waals surface area contributed by atoms with Crippen LogP contribution in [0.3, 0.4) is 0 Å². The summed E-state index contributed by atoms with van der Waals surface area (Å²) in [5.74, 6) is -0.960. The van der Waals surface area contributed by atoms with E-state index in [0.29, 0.717) is 10.8 Å². The fourth-order valence-electron chi connectivity index (χ4n) is 2.92. The maximum absolute atomic E-state index is 13.7. The Morgan fingerprint density at radius 2 is 2.16 bits per heavy atom. The number of ether oxygens (including phenoxy) is 1. The molecule has 1 aromatic carbocycles. The molecule has 0 spiro atoms. The largest absolute Gasteiger partial charge is 0.451 e. The van der Waals surface area contributed by atoms with E-state index in [-0.39, 0.29) is 5.69 Å². The number of benzene rings is 1. The highest BCUT2D eigenvalue weighted by Crippen LogP contribution is 2.32. The Kier molecular flexibility index (Phi) is 5.18. The van der Waals surface area contributed by atoms with Crippen molar-refractivity contribution in [1.82, 2.24) is 0 Å². The molecule has 2 aromatic rings. The molecule has 6 heteroatoms. The number of halogens is 1. The summed E-state index contributed by atoms with van der Waals surface area (Å²) in [6.07, 6.45) is 3.10. The van der Waals surface area contributed by atoms with Gasteiger partial charge in [0.1, 0.15) is 10.7 Å². The first kappa shape index (κ1) is 17.6. The third-order valence-corrected chi connectivity index (χ3v) is 5.48. The fraction of sp³-hybridized carbons (Fsp3) is 0.368. The topological polar surface area (TPSA) is 55.4 Å². The molecule has 25 heavy (non-hydrogen) atoms. The Morgan fingerprint density at radius 3 is 2.92 bits per heavy atom. The molecule has 1 N–H and O–H groups in total. The number of fused-ring (bicyclic) bond motifs is 1. The van der Waals surface area contributed by atoms with Crippen LogP contribution in [0.4, 0.5) is 10.1 Å². The van der Waals surface area contributed by atoms with Gasteiger partial charge in [0.2, 0.25) is 0 Å². The smallest absolute Gasteiger partial charge is 0.348 e. The molecule has 1 heterocycles. The zero-order valence-electron chi connectivity index (χ0n) is 14.2. The predicted octanol–water partition coefficient (Wildman–Crippen LogP) is 4.12. The van der Waals surface area contributed by atoms with Crippen LogP contribution in [-0.4, -0.2) is 18.5 Å². The second kappa shape index (κ2) is 7.35. The first-order valence-electron chi connectivity index (χ1n) is 8.27. The lowest BCUT2D eigenvalue weighted by atomic mass is 9.90. The van der Waals surface area contributed by atoms with Crippen molar-refractivity contribution in [3.8, 4) is 0 Å². The number of thiophene rings is 1. The number of hydrogen-bond acceptors (Lipinski definition) is 4. The summed E-state index contributed by atoms with van der Waals surface area (Å²) in [5.41, 5.74) is 2.05. The van der Waals surface area contributed by atoms with Gasteiger partial charge in [0.15, 0.2) is 6.61 Å². The molecule has 1 atom stereocenters. The minimum Gasteiger partial charge on any atom is -0.451 e. The van der Waals surface area contributed by atoms with E-state index in [2.05, 4.69) is 12.2 Å². The molecule has 0 radical (unpaired) electrons. The van der Waals surface area contributed by atoms with Gasteiger partial charge in [-0.15, -0.1) is 11.3 Å². The van der Waals surface area contributed by atoms with Crippen LogP contribution < -0.4 is 5.32 Å². The maximum atomic E-state index is 13.7. The number of hydrogen-bond donors (Lipinski definition) is 1. The van der Waals surface area contributed by atoms with Crippen molar-refractivity contribution in [3.05, 3.63) is 51.0 Å². The van der Waals surface area contributed by atoms with E-state index < -0.39 is 24.3 Å². The van der Waals surface area contributed by atoms with E-state index in [1.165, 1.54) is 33.9 Å². The lowest BCUT2D eigenvalue weighted by Gasteiger charge is -2.16. The highest BCUT2D eigenvalue weighted by molar-refractivity contribution is 7.14. The highest BCUT2D eigenvalue weighted by atomic mass is 32.1. The predicted molar refractivity (Wildman–Crippen MR) is 95.6 cm³/mol. The molecular formula is C19H20FNO3S. The second-order valence-corrected chi connectivity index (χ2v) is 7.65. The van der Waals surface area contributed by atoms with Crippen molar-refractivity contribution in [1.29, 1.82) is 0 Å². The first-order valence-corrected chi connectivity index (χ1v) is 9.08. The Labute approximate surface area is 150 Å². The van der Waals surface area contributed by atoms with Crippen molar-refractivity contribution < 1.29 is 18.7 Å². The summed E-state index contributed by atoms with van der Waals surface area (Å²) < 4.78 is 18.8. The van der Waals surface area contributed by atoms with Gasteiger partial charge in [-0.2, -0.15) is 0 Å². The summed E-state index contributed by atoms with van der Waals surface area (Å²) in [4.78, 5) is 25.8. The fourth-order valence-corrected chi connectivity index (χ4v) is 4.02. The van der Waals surface area contributed by atoms with E-state index in [1.807, 2.05) is 6.07 Å². The highest BCUT2D eigenvalue weighted by Gasteiger charge is 2.21. The van der Waals surface area contributed by atoms with E-state index in [0.717, 1.165) is 24.8 Å². The number of esters is 1. The first-order chi connectivity index (χ1) is 11.9. The Morgan fingerprint density at radius 1 is 1.36 bits per heavy atom. The van der Waals surface area contributed by atoms with Gasteiger partial charge < -0.3 is 10.1 Å². The number of rotatable bonds is 4. The van der Waals surface area contributed by atoms with Gasteiger partial charge in [0.05, 0.1) is 5.69 Å². The number of carbonyl (C=O) groups is 2. The molecule has 0 saturated carbocycles. The maximum Gasteiger partial charge on any atom is 0.348 e. The molecule has 3 rings (SSSR count). The monoisotopic (exact) mass is 361 g/mol. The minimum atomic E-state index is -0.564. The SMILES string of the molecule is Cc1ccc(NC(=O)COC(=O)c2cc3c(s2)CC[C@@H](C)C3)c(F)c1. The van der Waals surface area contributed by atoms with Crippen LogP contribution in [0.5, 0.6) is 0 Å². The molecular weight excluding hydrogens is 341 g/mol. The van der Waals surface area contributed by atoms with Gasteiger partial charge in [-0.05, 0) is 61.4 Å². The molecule has 0 aliphatic heterocycles. The zero-order chi connectivity index (χ0) is 18.0. The van der Waals surface area contributed by atoms with Gasteiger partial charge >= 0.3 is 5.97 Å². The van der Waals surface area contributed by atoms with E-state index in [1.54, 1.807) is 13.0 Å². The summed E-state index contributed by atoms with van der Waals surface area (Å²) in [5, 5.41) is 2.41. The number of carbonyl (C=O) groups excluding carboxylic acids is 2. The third-order valence-electron chi connectivity index (χ3n) is 4.26. The van der Waals surface area contributed by atoms with Gasteiger partial charge in [-0.25, -0.2) is 9.18 Å². The summed E-state index contributed by atoms with van der Waals surface area (Å²) in [6.45, 7) is 3.52. The number of aryl methyl sites for hydroxylation is 2. The average Bonchev–Trinajstić information content (AvgIpc) is 2.98. The Balaban J connectivity index is 1.56. The van der Waals surface area contributed by atoms with Crippen molar-refractivity contribution in [2.45, 2.75) is 33.1 Å². The Hall–Kier alpha value is -2.21. The summed E-state index contributed by atoms with van der Waals surface area (Å²) >= 11 is 1.44. The van der Waals surface area contributed by atoms with Crippen LogP contribution in [0.15, 0.2) is 24.3 Å². The van der Waals surface area contributed by atoms with Gasteiger partial charge in [0.25, 0.3) is 5.91 Å². The second-order valence-electron chi connectivity index (χ2n) is 6.51. The average molecular weight is 361 g/mol. The van der Waals surface area contributed by atoms with E-state index in [9.17, 15) is 14.0 Å². The normalized spacial score (nSPS) is 16.2. The van der Waals surface area contributed by atoms with E-state index >= 15 is 0 Å². The van der Waals surface area contributed by atoms with Gasteiger partial charge in [-0.1, -0.05) is 13.0 Å². The minimum absolute atomic E-state index is 0.0761. The summed E-state index contributed by atoms with van der Waals surface area (Å²) in [6, 6.07) is 6.38.